The van der Waals surface area contributed by atoms with Gasteiger partial charge in [0.25, 0.3) is 5.69 Å². The summed E-state index contributed by atoms with van der Waals surface area (Å²) in [4.78, 5) is 30.9. The molecule has 10 nitrogen and oxygen atoms in total. The fourth-order valence-electron chi connectivity index (χ4n) is 3.67. The highest BCUT2D eigenvalue weighted by atomic mass is 19.4. The van der Waals surface area contributed by atoms with E-state index in [1.165, 1.54) is 7.11 Å². The first kappa shape index (κ1) is 25.9. The summed E-state index contributed by atoms with van der Waals surface area (Å²) in [6.45, 7) is 2.86. The highest BCUT2D eigenvalue weighted by molar-refractivity contribution is 5.92. The number of nitrogens with zero attached hydrogens (tertiary/aromatic N) is 3. The summed E-state index contributed by atoms with van der Waals surface area (Å²) in [5, 5.41) is 14.7. The number of nitro benzene ring substituents is 1. The Labute approximate surface area is 208 Å². The van der Waals surface area contributed by atoms with Gasteiger partial charge in [0.1, 0.15) is 11.6 Å². The second-order valence-corrected chi connectivity index (χ2v) is 8.57. The van der Waals surface area contributed by atoms with E-state index in [0.717, 1.165) is 25.0 Å². The van der Waals surface area contributed by atoms with E-state index in [0.29, 0.717) is 28.5 Å². The third-order valence-corrected chi connectivity index (χ3v) is 5.75. The van der Waals surface area contributed by atoms with Crippen molar-refractivity contribution in [2.45, 2.75) is 38.9 Å². The number of methoxy groups -OCH3 is 1. The molecule has 196 valence electrons. The van der Waals surface area contributed by atoms with Crippen LogP contribution >= 0.6 is 0 Å². The van der Waals surface area contributed by atoms with Gasteiger partial charge in [-0.15, -0.1) is 0 Å². The number of alkyl halides is 3. The Hall–Kier alpha value is -4.16. The molecule has 1 aliphatic rings. The van der Waals surface area contributed by atoms with Crippen LogP contribution in [0.2, 0.25) is 0 Å². The lowest BCUT2D eigenvalue weighted by molar-refractivity contribution is -0.385. The van der Waals surface area contributed by atoms with E-state index in [4.69, 9.17) is 14.2 Å². The van der Waals surface area contributed by atoms with Crippen molar-refractivity contribution in [3.8, 4) is 11.5 Å². The largest absolute Gasteiger partial charge is 0.493 e. The van der Waals surface area contributed by atoms with Crippen LogP contribution in [-0.2, 0) is 15.7 Å². The van der Waals surface area contributed by atoms with Crippen molar-refractivity contribution in [1.82, 2.24) is 9.97 Å². The molecule has 0 saturated heterocycles. The highest BCUT2D eigenvalue weighted by Crippen LogP contribution is 2.37. The van der Waals surface area contributed by atoms with Crippen LogP contribution in [0.5, 0.6) is 11.5 Å². The molecule has 0 bridgehead atoms. The summed E-state index contributed by atoms with van der Waals surface area (Å²) in [7, 11) is 1.43. The first-order valence-corrected chi connectivity index (χ1v) is 11.2. The molecule has 3 aromatic rings. The monoisotopic (exact) mass is 520 g/mol. The maximum atomic E-state index is 13.4. The third-order valence-electron chi connectivity index (χ3n) is 5.75. The van der Waals surface area contributed by atoms with Crippen molar-refractivity contribution in [3.63, 3.8) is 0 Å². The number of carbonyl (C=O) groups excluding carboxylic acids is 1. The number of aromatic nitrogens is 2. The van der Waals surface area contributed by atoms with Crippen LogP contribution in [0.4, 0.5) is 24.7 Å². The number of halogens is 3. The van der Waals surface area contributed by atoms with Gasteiger partial charge in [-0.1, -0.05) is 0 Å². The molecular formula is C24H23F3N4O6. The zero-order valence-electron chi connectivity index (χ0n) is 20.1. The Morgan fingerprint density at radius 2 is 1.92 bits per heavy atom. The summed E-state index contributed by atoms with van der Waals surface area (Å²) in [6, 6.07) is 4.77. The lowest BCUT2D eigenvalue weighted by Gasteiger charge is -2.19. The van der Waals surface area contributed by atoms with E-state index in [9.17, 15) is 28.1 Å². The van der Waals surface area contributed by atoms with E-state index < -0.39 is 28.4 Å². The molecule has 13 heteroatoms. The summed E-state index contributed by atoms with van der Waals surface area (Å²) in [6.07, 6.45) is -3.18. The van der Waals surface area contributed by atoms with E-state index in [-0.39, 0.29) is 35.8 Å². The van der Waals surface area contributed by atoms with Crippen molar-refractivity contribution in [2.75, 3.05) is 19.2 Å². The van der Waals surface area contributed by atoms with Crippen molar-refractivity contribution in [3.05, 3.63) is 57.4 Å². The van der Waals surface area contributed by atoms with E-state index in [2.05, 4.69) is 15.3 Å². The Kier molecular flexibility index (Phi) is 7.05. The molecule has 1 heterocycles. The van der Waals surface area contributed by atoms with Crippen LogP contribution in [0.3, 0.4) is 0 Å². The minimum absolute atomic E-state index is 0.0444. The number of nitro groups is 1. The number of esters is 1. The number of fused-ring (bicyclic) bond motifs is 1. The fourth-order valence-corrected chi connectivity index (χ4v) is 3.67. The zero-order chi connectivity index (χ0) is 26.9. The molecule has 0 amide bonds. The molecule has 2 aromatic carbocycles. The number of non-ortho nitro benzene ring substituents is 1. The van der Waals surface area contributed by atoms with Crippen LogP contribution < -0.4 is 14.8 Å². The molecule has 37 heavy (non-hydrogen) atoms. The minimum Gasteiger partial charge on any atom is -0.493 e. The molecule has 0 aliphatic heterocycles. The van der Waals surface area contributed by atoms with Crippen LogP contribution in [0.15, 0.2) is 30.3 Å². The minimum atomic E-state index is -4.76. The molecule has 0 spiro atoms. The number of nitrogens with one attached hydrogen (secondary N) is 1. The molecule has 1 aliphatic carbocycles. The number of carbonyl (C=O) groups is 1. The molecule has 1 N–H and O–H groups in total. The van der Waals surface area contributed by atoms with Crippen LogP contribution in [-0.4, -0.2) is 34.8 Å². The maximum absolute atomic E-state index is 13.4. The predicted octanol–water partition coefficient (Wildman–Crippen LogP) is 5.34. The van der Waals surface area contributed by atoms with Gasteiger partial charge in [0.15, 0.2) is 11.5 Å². The first-order valence-electron chi connectivity index (χ1n) is 11.2. The van der Waals surface area contributed by atoms with Crippen molar-refractivity contribution in [1.29, 1.82) is 0 Å². The second-order valence-electron chi connectivity index (χ2n) is 8.57. The van der Waals surface area contributed by atoms with Gasteiger partial charge in [-0.05, 0) is 44.4 Å². The van der Waals surface area contributed by atoms with Crippen LogP contribution in [0.25, 0.3) is 10.9 Å². The summed E-state index contributed by atoms with van der Waals surface area (Å²) in [5.74, 6) is 0.744. The summed E-state index contributed by atoms with van der Waals surface area (Å²) >= 11 is 0. The maximum Gasteiger partial charge on any atom is 0.416 e. The van der Waals surface area contributed by atoms with Crippen molar-refractivity contribution in [2.24, 2.45) is 5.92 Å². The third kappa shape index (κ3) is 5.98. The number of benzene rings is 2. The lowest BCUT2D eigenvalue weighted by Crippen LogP contribution is -2.13. The number of aryl methyl sites for hydroxylation is 1. The molecule has 4 rings (SSSR count). The van der Waals surface area contributed by atoms with Gasteiger partial charge in [0, 0.05) is 23.6 Å². The number of anilines is 1. The number of hydrogen-bond donors (Lipinski definition) is 1. The lowest BCUT2D eigenvalue weighted by atomic mass is 10.0. The molecular weight excluding hydrogens is 497 g/mol. The second kappa shape index (κ2) is 10.1. The van der Waals surface area contributed by atoms with Gasteiger partial charge in [-0.25, -0.2) is 9.97 Å². The van der Waals surface area contributed by atoms with Crippen molar-refractivity contribution < 1.29 is 37.1 Å². The fraction of sp³-hybridized carbons (Fsp3) is 0.375. The zero-order valence-corrected chi connectivity index (χ0v) is 20.1. The van der Waals surface area contributed by atoms with Crippen LogP contribution in [0.1, 0.15) is 42.8 Å². The van der Waals surface area contributed by atoms with Gasteiger partial charge in [-0.3, -0.25) is 14.9 Å². The molecule has 0 radical (unpaired) electrons. The first-order chi connectivity index (χ1) is 17.5. The van der Waals surface area contributed by atoms with Crippen molar-refractivity contribution >= 4 is 28.4 Å². The molecule has 1 unspecified atom stereocenters. The number of ether oxygens (including phenoxy) is 3. The van der Waals surface area contributed by atoms with Gasteiger partial charge < -0.3 is 19.5 Å². The van der Waals surface area contributed by atoms with E-state index >= 15 is 0 Å². The summed E-state index contributed by atoms with van der Waals surface area (Å²) < 4.78 is 56.2. The van der Waals surface area contributed by atoms with E-state index in [1.807, 2.05) is 0 Å². The average Bonchev–Trinajstić information content (AvgIpc) is 3.68. The smallest absolute Gasteiger partial charge is 0.416 e. The quantitative estimate of drug-likeness (QED) is 0.172. The number of hydrogen-bond acceptors (Lipinski definition) is 9. The Morgan fingerprint density at radius 1 is 1.19 bits per heavy atom. The van der Waals surface area contributed by atoms with Gasteiger partial charge in [0.2, 0.25) is 6.79 Å². The predicted molar refractivity (Wildman–Crippen MR) is 125 cm³/mol. The Balaban J connectivity index is 1.66. The van der Waals surface area contributed by atoms with Gasteiger partial charge in [0.05, 0.1) is 35.1 Å². The topological polar surface area (TPSA) is 126 Å². The Morgan fingerprint density at radius 3 is 2.54 bits per heavy atom. The Bertz CT molecular complexity index is 1360. The molecule has 1 aromatic heterocycles. The van der Waals surface area contributed by atoms with Crippen LogP contribution in [0, 0.1) is 23.0 Å². The molecule has 1 atom stereocenters. The standard InChI is InChI=1S/C24H23F3N4O6/c1-12(15-6-16(24(25,26)27)8-17(7-15)31(33)34)28-22-18-9-21(36-11-37-23(32)14-4-5-14)20(35-3)10-19(18)29-13(2)30-22/h6-10,12,14H,4-5,11H2,1-3H3,(H,28,29,30). The highest BCUT2D eigenvalue weighted by Gasteiger charge is 2.33. The van der Waals surface area contributed by atoms with Gasteiger partial charge >= 0.3 is 12.1 Å². The molecule has 1 saturated carbocycles. The SMILES string of the molecule is COc1cc2nc(C)nc(NC(C)c3cc([N+](=O)[O-])cc(C(F)(F)F)c3)c2cc1OCOC(=O)C1CC1. The van der Waals surface area contributed by atoms with E-state index in [1.54, 1.807) is 26.0 Å². The average molecular weight is 520 g/mol. The molecule has 1 fully saturated rings. The summed E-state index contributed by atoms with van der Waals surface area (Å²) in [5.41, 5.74) is -1.31. The van der Waals surface area contributed by atoms with Gasteiger partial charge in [-0.2, -0.15) is 13.2 Å². The number of rotatable bonds is 9. The normalized spacial score (nSPS) is 14.2.